The highest BCUT2D eigenvalue weighted by atomic mass is 35.5. The molecule has 1 heterocycles. The molecule has 1 aromatic heterocycles. The van der Waals surface area contributed by atoms with Crippen molar-refractivity contribution in [3.8, 4) is 5.69 Å². The summed E-state index contributed by atoms with van der Waals surface area (Å²) in [5.74, 6) is 0.0735. The smallest absolute Gasteiger partial charge is 0.266 e. The molecule has 0 saturated heterocycles. The van der Waals surface area contributed by atoms with Crippen LogP contribution in [0.3, 0.4) is 0 Å². The summed E-state index contributed by atoms with van der Waals surface area (Å²) in [6.45, 7) is 0. The standard InChI is InChI=1S/C22H15Cl2N3O2S/c23-15-5-8-17(9-6-15)27-21(29)18-10-7-16(24)11-19(18)26-22(27)30-12-13-1-3-14(4-2-13)20(25)28/h1-11H,12H2,(H2,25,28). The van der Waals surface area contributed by atoms with Gasteiger partial charge in [-0.2, -0.15) is 0 Å². The zero-order valence-electron chi connectivity index (χ0n) is 15.5. The van der Waals surface area contributed by atoms with Crippen LogP contribution in [0.1, 0.15) is 15.9 Å². The molecular formula is C22H15Cl2N3O2S. The molecule has 0 aliphatic rings. The number of primary amides is 1. The van der Waals surface area contributed by atoms with Gasteiger partial charge in [-0.15, -0.1) is 0 Å². The summed E-state index contributed by atoms with van der Waals surface area (Å²) < 4.78 is 1.56. The fourth-order valence-electron chi connectivity index (χ4n) is 2.97. The monoisotopic (exact) mass is 455 g/mol. The van der Waals surface area contributed by atoms with Crippen LogP contribution in [0, 0.1) is 0 Å². The average Bonchev–Trinajstić information content (AvgIpc) is 2.73. The van der Waals surface area contributed by atoms with Crippen molar-refractivity contribution in [1.29, 1.82) is 0 Å². The molecule has 0 aliphatic heterocycles. The predicted octanol–water partition coefficient (Wildman–Crippen LogP) is 5.08. The van der Waals surface area contributed by atoms with E-state index in [-0.39, 0.29) is 5.56 Å². The summed E-state index contributed by atoms with van der Waals surface area (Å²) in [5, 5.41) is 2.09. The Bertz CT molecular complexity index is 1300. The van der Waals surface area contributed by atoms with Gasteiger partial charge in [0.05, 0.1) is 16.6 Å². The first-order valence-corrected chi connectivity index (χ1v) is 10.7. The number of hydrogen-bond donors (Lipinski definition) is 1. The predicted molar refractivity (Wildman–Crippen MR) is 122 cm³/mol. The molecule has 0 saturated carbocycles. The zero-order chi connectivity index (χ0) is 21.3. The fraction of sp³-hybridized carbons (Fsp3) is 0.0455. The molecule has 4 aromatic rings. The Morgan fingerprint density at radius 1 is 0.967 bits per heavy atom. The van der Waals surface area contributed by atoms with Crippen molar-refractivity contribution in [3.05, 3.63) is 98.3 Å². The highest BCUT2D eigenvalue weighted by Crippen LogP contribution is 2.26. The van der Waals surface area contributed by atoms with Gasteiger partial charge in [-0.05, 0) is 60.2 Å². The first-order chi connectivity index (χ1) is 14.4. The number of hydrogen-bond acceptors (Lipinski definition) is 4. The van der Waals surface area contributed by atoms with Crippen LogP contribution in [0.4, 0.5) is 0 Å². The molecule has 4 rings (SSSR count). The Hall–Kier alpha value is -2.80. The maximum atomic E-state index is 13.3. The van der Waals surface area contributed by atoms with Gasteiger partial charge in [0, 0.05) is 21.4 Å². The van der Waals surface area contributed by atoms with E-state index in [2.05, 4.69) is 0 Å². The Labute approximate surface area is 186 Å². The van der Waals surface area contributed by atoms with E-state index in [0.29, 0.717) is 43.1 Å². The number of aromatic nitrogens is 2. The van der Waals surface area contributed by atoms with E-state index in [4.69, 9.17) is 33.9 Å². The molecular weight excluding hydrogens is 441 g/mol. The largest absolute Gasteiger partial charge is 0.366 e. The Morgan fingerprint density at radius 3 is 2.30 bits per heavy atom. The molecule has 2 N–H and O–H groups in total. The number of nitrogens with zero attached hydrogens (tertiary/aromatic N) is 2. The third kappa shape index (κ3) is 4.21. The molecule has 0 unspecified atom stereocenters. The quantitative estimate of drug-likeness (QED) is 0.336. The highest BCUT2D eigenvalue weighted by Gasteiger charge is 2.14. The number of halogens is 2. The SMILES string of the molecule is NC(=O)c1ccc(CSc2nc3cc(Cl)ccc3c(=O)n2-c2ccc(Cl)cc2)cc1. The maximum Gasteiger partial charge on any atom is 0.266 e. The van der Waals surface area contributed by atoms with E-state index < -0.39 is 5.91 Å². The molecule has 0 aliphatic carbocycles. The van der Waals surface area contributed by atoms with E-state index >= 15 is 0 Å². The Morgan fingerprint density at radius 2 is 1.63 bits per heavy atom. The lowest BCUT2D eigenvalue weighted by molar-refractivity contribution is 0.100. The van der Waals surface area contributed by atoms with Crippen LogP contribution in [0.15, 0.2) is 76.7 Å². The first kappa shape index (κ1) is 20.5. The normalized spacial score (nSPS) is 11.0. The van der Waals surface area contributed by atoms with Crippen molar-refractivity contribution in [2.75, 3.05) is 0 Å². The summed E-state index contributed by atoms with van der Waals surface area (Å²) in [6, 6.07) is 19.1. The molecule has 0 radical (unpaired) electrons. The van der Waals surface area contributed by atoms with Gasteiger partial charge in [-0.1, -0.05) is 47.1 Å². The minimum atomic E-state index is -0.473. The summed E-state index contributed by atoms with van der Waals surface area (Å²) >= 11 is 13.5. The number of carbonyl (C=O) groups is 1. The van der Waals surface area contributed by atoms with Crippen molar-refractivity contribution in [3.63, 3.8) is 0 Å². The minimum absolute atomic E-state index is 0.189. The number of carbonyl (C=O) groups excluding carboxylic acids is 1. The third-order valence-corrected chi connectivity index (χ3v) is 5.99. The van der Waals surface area contributed by atoms with E-state index in [1.54, 1.807) is 59.2 Å². The number of thioether (sulfide) groups is 1. The van der Waals surface area contributed by atoms with Gasteiger partial charge in [-0.25, -0.2) is 4.98 Å². The van der Waals surface area contributed by atoms with Crippen LogP contribution in [0.5, 0.6) is 0 Å². The van der Waals surface area contributed by atoms with E-state index in [9.17, 15) is 9.59 Å². The third-order valence-electron chi connectivity index (χ3n) is 4.49. The highest BCUT2D eigenvalue weighted by molar-refractivity contribution is 7.98. The van der Waals surface area contributed by atoms with Crippen molar-refractivity contribution in [2.45, 2.75) is 10.9 Å². The summed E-state index contributed by atoms with van der Waals surface area (Å²) in [4.78, 5) is 29.2. The van der Waals surface area contributed by atoms with Gasteiger partial charge in [0.1, 0.15) is 0 Å². The molecule has 8 heteroatoms. The summed E-state index contributed by atoms with van der Waals surface area (Å²) in [5.41, 5.74) is 7.71. The number of benzene rings is 3. The van der Waals surface area contributed by atoms with Crippen LogP contribution in [0.2, 0.25) is 10.0 Å². The van der Waals surface area contributed by atoms with Crippen LogP contribution in [-0.2, 0) is 5.75 Å². The average molecular weight is 456 g/mol. The maximum absolute atomic E-state index is 13.3. The lowest BCUT2D eigenvalue weighted by Gasteiger charge is -2.13. The van der Waals surface area contributed by atoms with Gasteiger partial charge in [0.2, 0.25) is 5.91 Å². The molecule has 1 amide bonds. The van der Waals surface area contributed by atoms with Gasteiger partial charge < -0.3 is 5.73 Å². The second-order valence-corrected chi connectivity index (χ2v) is 8.34. The van der Waals surface area contributed by atoms with Crippen molar-refractivity contribution in [2.24, 2.45) is 5.73 Å². The molecule has 0 bridgehead atoms. The number of fused-ring (bicyclic) bond motifs is 1. The molecule has 0 atom stereocenters. The molecule has 0 fully saturated rings. The van der Waals surface area contributed by atoms with E-state index in [1.165, 1.54) is 11.8 Å². The molecule has 5 nitrogen and oxygen atoms in total. The minimum Gasteiger partial charge on any atom is -0.366 e. The fourth-order valence-corrected chi connectivity index (χ4v) is 4.23. The Kier molecular flexibility index (Phi) is 5.81. The first-order valence-electron chi connectivity index (χ1n) is 8.92. The molecule has 30 heavy (non-hydrogen) atoms. The summed E-state index contributed by atoms with van der Waals surface area (Å²) in [7, 11) is 0. The second kappa shape index (κ2) is 8.52. The lowest BCUT2D eigenvalue weighted by atomic mass is 10.1. The number of rotatable bonds is 5. The van der Waals surface area contributed by atoms with Crippen molar-refractivity contribution < 1.29 is 4.79 Å². The van der Waals surface area contributed by atoms with Crippen molar-refractivity contribution in [1.82, 2.24) is 9.55 Å². The molecule has 3 aromatic carbocycles. The van der Waals surface area contributed by atoms with Crippen molar-refractivity contribution >= 4 is 51.8 Å². The topological polar surface area (TPSA) is 78.0 Å². The van der Waals surface area contributed by atoms with E-state index in [1.807, 2.05) is 12.1 Å². The van der Waals surface area contributed by atoms with Gasteiger partial charge >= 0.3 is 0 Å². The number of amides is 1. The summed E-state index contributed by atoms with van der Waals surface area (Å²) in [6.07, 6.45) is 0. The van der Waals surface area contributed by atoms with Gasteiger partial charge in [0.25, 0.3) is 5.56 Å². The van der Waals surface area contributed by atoms with Crippen LogP contribution < -0.4 is 11.3 Å². The second-order valence-electron chi connectivity index (χ2n) is 6.52. The lowest BCUT2D eigenvalue weighted by Crippen LogP contribution is -2.21. The van der Waals surface area contributed by atoms with Gasteiger partial charge in [-0.3, -0.25) is 14.2 Å². The molecule has 150 valence electrons. The van der Waals surface area contributed by atoms with E-state index in [0.717, 1.165) is 5.56 Å². The zero-order valence-corrected chi connectivity index (χ0v) is 17.8. The van der Waals surface area contributed by atoms with Crippen LogP contribution in [-0.4, -0.2) is 15.5 Å². The molecule has 0 spiro atoms. The number of nitrogens with two attached hydrogens (primary N) is 1. The van der Waals surface area contributed by atoms with Crippen LogP contribution in [0.25, 0.3) is 16.6 Å². The van der Waals surface area contributed by atoms with Gasteiger partial charge in [0.15, 0.2) is 5.16 Å². The van der Waals surface area contributed by atoms with Crippen LogP contribution >= 0.6 is 35.0 Å². The Balaban J connectivity index is 1.78.